The van der Waals surface area contributed by atoms with E-state index in [4.69, 9.17) is 0 Å². The van der Waals surface area contributed by atoms with Crippen LogP contribution in [-0.4, -0.2) is 28.3 Å². The number of nitrogens with zero attached hydrogens (tertiary/aromatic N) is 1. The molecule has 0 aromatic carbocycles. The second-order valence-electron chi connectivity index (χ2n) is 3.28. The van der Waals surface area contributed by atoms with Gasteiger partial charge in [0.15, 0.2) is 0 Å². The molecule has 0 aromatic rings. The van der Waals surface area contributed by atoms with E-state index in [1.165, 1.54) is 4.90 Å². The van der Waals surface area contributed by atoms with Crippen molar-refractivity contribution in [1.82, 2.24) is 4.90 Å². The predicted octanol–water partition coefficient (Wildman–Crippen LogP) is 1.73. The van der Waals surface area contributed by atoms with Crippen LogP contribution in [0.2, 0.25) is 0 Å². The van der Waals surface area contributed by atoms with E-state index in [2.05, 4.69) is 13.8 Å². The van der Waals surface area contributed by atoms with E-state index in [-0.39, 0.29) is 11.1 Å². The zero-order valence-electron chi connectivity index (χ0n) is 7.37. The van der Waals surface area contributed by atoms with Crippen molar-refractivity contribution in [3.05, 3.63) is 0 Å². The van der Waals surface area contributed by atoms with Gasteiger partial charge in [0.05, 0.1) is 5.75 Å². The van der Waals surface area contributed by atoms with Crippen LogP contribution in [0.5, 0.6) is 0 Å². The molecule has 1 heterocycles. The van der Waals surface area contributed by atoms with Crippen molar-refractivity contribution in [2.45, 2.75) is 20.3 Å². The maximum absolute atomic E-state index is 11.1. The monoisotopic (exact) mass is 187 g/mol. The van der Waals surface area contributed by atoms with Gasteiger partial charge in [-0.1, -0.05) is 25.6 Å². The average Bonchev–Trinajstić information content (AvgIpc) is 2.28. The van der Waals surface area contributed by atoms with Crippen LogP contribution in [0.15, 0.2) is 0 Å². The Labute approximate surface area is 76.5 Å². The van der Waals surface area contributed by atoms with Crippen LogP contribution in [0.1, 0.15) is 20.3 Å². The lowest BCUT2D eigenvalue weighted by molar-refractivity contribution is -0.124. The van der Waals surface area contributed by atoms with Gasteiger partial charge < -0.3 is 0 Å². The van der Waals surface area contributed by atoms with Crippen LogP contribution < -0.4 is 0 Å². The summed E-state index contributed by atoms with van der Waals surface area (Å²) in [6.45, 7) is 4.75. The summed E-state index contributed by atoms with van der Waals surface area (Å²) in [6.07, 6.45) is 0.901. The molecule has 1 fully saturated rings. The topological polar surface area (TPSA) is 37.4 Å². The highest BCUT2D eigenvalue weighted by molar-refractivity contribution is 8.14. The second kappa shape index (κ2) is 3.94. The molecule has 0 atom stereocenters. The molecule has 68 valence electrons. The Bertz CT molecular complexity index is 187. The summed E-state index contributed by atoms with van der Waals surface area (Å²) < 4.78 is 0. The molecule has 1 saturated heterocycles. The lowest BCUT2D eigenvalue weighted by Crippen LogP contribution is -2.30. The molecule has 0 bridgehead atoms. The smallest absolute Gasteiger partial charge is 0.273 e. The highest BCUT2D eigenvalue weighted by atomic mass is 32.2. The predicted molar refractivity (Wildman–Crippen MR) is 49.0 cm³/mol. The Morgan fingerprint density at radius 3 is 2.58 bits per heavy atom. The molecule has 4 heteroatoms. The van der Waals surface area contributed by atoms with Crippen molar-refractivity contribution in [3.8, 4) is 0 Å². The van der Waals surface area contributed by atoms with Crippen LogP contribution >= 0.6 is 11.8 Å². The van der Waals surface area contributed by atoms with E-state index < -0.39 is 0 Å². The Morgan fingerprint density at radius 2 is 2.17 bits per heavy atom. The fourth-order valence-electron chi connectivity index (χ4n) is 0.984. The molecule has 1 aliphatic heterocycles. The third-order valence-electron chi connectivity index (χ3n) is 1.77. The summed E-state index contributed by atoms with van der Waals surface area (Å²) in [7, 11) is 0. The zero-order chi connectivity index (χ0) is 9.14. The van der Waals surface area contributed by atoms with Crippen molar-refractivity contribution in [2.75, 3.05) is 12.3 Å². The lowest BCUT2D eigenvalue weighted by atomic mass is 10.1. The second-order valence-corrected chi connectivity index (χ2v) is 4.21. The van der Waals surface area contributed by atoms with Gasteiger partial charge in [0.1, 0.15) is 0 Å². The summed E-state index contributed by atoms with van der Waals surface area (Å²) in [5.41, 5.74) is 0. The fraction of sp³-hybridized carbons (Fsp3) is 0.750. The van der Waals surface area contributed by atoms with Gasteiger partial charge in [0.2, 0.25) is 5.91 Å². The minimum absolute atomic E-state index is 0.0364. The first-order chi connectivity index (χ1) is 5.61. The summed E-state index contributed by atoms with van der Waals surface area (Å²) in [5, 5.41) is -0.0827. The normalized spacial score (nSPS) is 18.1. The Balaban J connectivity index is 2.40. The minimum atomic E-state index is -0.0827. The van der Waals surface area contributed by atoms with Crippen LogP contribution in [0.4, 0.5) is 4.79 Å². The molecule has 0 radical (unpaired) electrons. The van der Waals surface area contributed by atoms with Gasteiger partial charge in [-0.3, -0.25) is 14.5 Å². The summed E-state index contributed by atoms with van der Waals surface area (Å²) in [4.78, 5) is 23.5. The summed E-state index contributed by atoms with van der Waals surface area (Å²) >= 11 is 1.10. The van der Waals surface area contributed by atoms with Crippen LogP contribution in [0.3, 0.4) is 0 Å². The van der Waals surface area contributed by atoms with Crippen molar-refractivity contribution >= 4 is 22.9 Å². The highest BCUT2D eigenvalue weighted by Gasteiger charge is 2.29. The molecule has 1 aliphatic rings. The van der Waals surface area contributed by atoms with Crippen molar-refractivity contribution in [1.29, 1.82) is 0 Å². The Morgan fingerprint density at radius 1 is 1.50 bits per heavy atom. The standard InChI is InChI=1S/C8H13NO2S/c1-6(2)3-4-9-7(10)5-12-8(9)11/h6H,3-5H2,1-2H3. The van der Waals surface area contributed by atoms with Crippen LogP contribution in [-0.2, 0) is 4.79 Å². The lowest BCUT2D eigenvalue weighted by Gasteiger charge is -2.13. The van der Waals surface area contributed by atoms with E-state index in [1.807, 2.05) is 0 Å². The molecule has 0 unspecified atom stereocenters. The van der Waals surface area contributed by atoms with Gasteiger partial charge in [0, 0.05) is 6.54 Å². The molecular formula is C8H13NO2S. The highest BCUT2D eigenvalue weighted by Crippen LogP contribution is 2.19. The van der Waals surface area contributed by atoms with E-state index in [9.17, 15) is 9.59 Å². The van der Waals surface area contributed by atoms with E-state index in [0.29, 0.717) is 18.2 Å². The molecule has 0 aromatic heterocycles. The first-order valence-corrected chi connectivity index (χ1v) is 5.07. The largest absolute Gasteiger partial charge is 0.288 e. The number of thioether (sulfide) groups is 1. The molecule has 0 saturated carbocycles. The molecule has 0 spiro atoms. The number of hydrogen-bond donors (Lipinski definition) is 0. The minimum Gasteiger partial charge on any atom is -0.273 e. The number of hydrogen-bond acceptors (Lipinski definition) is 3. The first kappa shape index (κ1) is 9.58. The number of imide groups is 1. The van der Waals surface area contributed by atoms with E-state index in [0.717, 1.165) is 18.2 Å². The Kier molecular flexibility index (Phi) is 3.14. The fourth-order valence-corrected chi connectivity index (χ4v) is 1.74. The molecule has 3 nitrogen and oxygen atoms in total. The third-order valence-corrected chi connectivity index (χ3v) is 2.63. The Hall–Kier alpha value is -0.510. The van der Waals surface area contributed by atoms with E-state index >= 15 is 0 Å². The third kappa shape index (κ3) is 2.24. The number of amides is 2. The van der Waals surface area contributed by atoms with Crippen molar-refractivity contribution in [3.63, 3.8) is 0 Å². The molecule has 2 amide bonds. The average molecular weight is 187 g/mol. The number of carbonyl (C=O) groups is 2. The van der Waals surface area contributed by atoms with Crippen LogP contribution in [0, 0.1) is 5.92 Å². The number of rotatable bonds is 3. The molecular weight excluding hydrogens is 174 g/mol. The maximum Gasteiger partial charge on any atom is 0.288 e. The molecule has 1 rings (SSSR count). The van der Waals surface area contributed by atoms with Gasteiger partial charge in [-0.2, -0.15) is 0 Å². The van der Waals surface area contributed by atoms with Crippen molar-refractivity contribution in [2.24, 2.45) is 5.92 Å². The molecule has 0 N–H and O–H groups in total. The van der Waals surface area contributed by atoms with Gasteiger partial charge in [-0.25, -0.2) is 0 Å². The van der Waals surface area contributed by atoms with Gasteiger partial charge in [-0.15, -0.1) is 0 Å². The maximum atomic E-state index is 11.1. The molecule has 0 aliphatic carbocycles. The summed E-state index contributed by atoms with van der Waals surface area (Å²) in [5.74, 6) is 0.832. The quantitative estimate of drug-likeness (QED) is 0.675. The SMILES string of the molecule is CC(C)CCN1C(=O)CSC1=O. The van der Waals surface area contributed by atoms with Crippen molar-refractivity contribution < 1.29 is 9.59 Å². The van der Waals surface area contributed by atoms with Gasteiger partial charge in [0.25, 0.3) is 5.24 Å². The zero-order valence-corrected chi connectivity index (χ0v) is 8.19. The first-order valence-electron chi connectivity index (χ1n) is 4.08. The van der Waals surface area contributed by atoms with E-state index in [1.54, 1.807) is 0 Å². The van der Waals surface area contributed by atoms with Gasteiger partial charge in [-0.05, 0) is 12.3 Å². The summed E-state index contributed by atoms with van der Waals surface area (Å²) in [6, 6.07) is 0. The molecule has 12 heavy (non-hydrogen) atoms. The number of carbonyl (C=O) groups excluding carboxylic acids is 2. The van der Waals surface area contributed by atoms with Crippen LogP contribution in [0.25, 0.3) is 0 Å². The van der Waals surface area contributed by atoms with Gasteiger partial charge >= 0.3 is 0 Å².